The van der Waals surface area contributed by atoms with Crippen molar-refractivity contribution in [1.82, 2.24) is 0 Å². The molecule has 0 bridgehead atoms. The standard InChI is InChI=1S/C25H27N.C12H17N/c26-25(18-16-21(17-19-25)20-10-4-1-5-11-20)24(22-12-6-2-7-13-22)23-14-8-3-9-15-23;13-12-8-6-11(7-9-12)10-4-2-1-3-5-10/h1-15,21,24H,16-19,26H2;1-5,11-12H,6-9,13H2. The molecule has 2 aliphatic rings. The maximum Gasteiger partial charge on any atom is 0.0269 e. The van der Waals surface area contributed by atoms with Crippen LogP contribution in [0.4, 0.5) is 0 Å². The van der Waals surface area contributed by atoms with Gasteiger partial charge in [-0.1, -0.05) is 121 Å². The molecule has 0 radical (unpaired) electrons. The highest BCUT2D eigenvalue weighted by atomic mass is 14.8. The van der Waals surface area contributed by atoms with Crippen molar-refractivity contribution in [3.05, 3.63) is 144 Å². The van der Waals surface area contributed by atoms with Gasteiger partial charge in [0.25, 0.3) is 0 Å². The molecular weight excluding hydrogens is 472 g/mol. The fraction of sp³-hybridized carbons (Fsp3) is 0.351. The summed E-state index contributed by atoms with van der Waals surface area (Å²) in [6.07, 6.45) is 9.37. The van der Waals surface area contributed by atoms with Crippen LogP contribution >= 0.6 is 0 Å². The van der Waals surface area contributed by atoms with Gasteiger partial charge >= 0.3 is 0 Å². The Morgan fingerprint density at radius 3 is 1.26 bits per heavy atom. The van der Waals surface area contributed by atoms with E-state index >= 15 is 0 Å². The lowest BCUT2D eigenvalue weighted by Crippen LogP contribution is -2.48. The lowest BCUT2D eigenvalue weighted by Gasteiger charge is -2.43. The van der Waals surface area contributed by atoms with Crippen molar-refractivity contribution < 1.29 is 0 Å². The molecule has 4 aromatic carbocycles. The van der Waals surface area contributed by atoms with Crippen LogP contribution < -0.4 is 11.5 Å². The summed E-state index contributed by atoms with van der Waals surface area (Å²) in [5.74, 6) is 1.66. The summed E-state index contributed by atoms with van der Waals surface area (Å²) in [4.78, 5) is 0. The number of nitrogens with two attached hydrogens (primary N) is 2. The maximum absolute atomic E-state index is 7.11. The van der Waals surface area contributed by atoms with Crippen molar-refractivity contribution in [2.45, 2.75) is 80.7 Å². The number of rotatable bonds is 5. The van der Waals surface area contributed by atoms with E-state index in [-0.39, 0.29) is 11.5 Å². The van der Waals surface area contributed by atoms with Gasteiger partial charge in [-0.3, -0.25) is 0 Å². The van der Waals surface area contributed by atoms with Gasteiger partial charge in [0.1, 0.15) is 0 Å². The molecule has 4 N–H and O–H groups in total. The molecule has 0 amide bonds. The lowest BCUT2D eigenvalue weighted by atomic mass is 9.65. The molecule has 202 valence electrons. The monoisotopic (exact) mass is 516 g/mol. The third-order valence-electron chi connectivity index (χ3n) is 9.07. The van der Waals surface area contributed by atoms with Crippen molar-refractivity contribution in [3.63, 3.8) is 0 Å². The average Bonchev–Trinajstić information content (AvgIpc) is 3.00. The van der Waals surface area contributed by atoms with Gasteiger partial charge in [-0.15, -0.1) is 0 Å². The first-order chi connectivity index (χ1) is 19.1. The predicted molar refractivity (Wildman–Crippen MR) is 165 cm³/mol. The molecule has 2 saturated carbocycles. The van der Waals surface area contributed by atoms with Crippen LogP contribution in [0.25, 0.3) is 0 Å². The fourth-order valence-corrected chi connectivity index (χ4v) is 6.83. The van der Waals surface area contributed by atoms with E-state index in [1.54, 1.807) is 0 Å². The van der Waals surface area contributed by atoms with Crippen LogP contribution in [0.1, 0.15) is 91.4 Å². The normalized spacial score (nSPS) is 24.9. The number of hydrogen-bond acceptors (Lipinski definition) is 2. The highest BCUT2D eigenvalue weighted by Gasteiger charge is 2.40. The van der Waals surface area contributed by atoms with E-state index in [0.717, 1.165) is 31.6 Å². The molecule has 0 aliphatic heterocycles. The molecule has 39 heavy (non-hydrogen) atoms. The van der Waals surface area contributed by atoms with Gasteiger partial charge in [0, 0.05) is 17.5 Å². The zero-order chi connectivity index (χ0) is 26.9. The molecular formula is C37H44N2. The van der Waals surface area contributed by atoms with E-state index in [4.69, 9.17) is 11.5 Å². The summed E-state index contributed by atoms with van der Waals surface area (Å²) in [6, 6.07) is 43.8. The number of benzene rings is 4. The summed E-state index contributed by atoms with van der Waals surface area (Å²) in [6.45, 7) is 0. The third kappa shape index (κ3) is 7.06. The van der Waals surface area contributed by atoms with E-state index in [0.29, 0.717) is 12.0 Å². The minimum absolute atomic E-state index is 0.187. The summed E-state index contributed by atoms with van der Waals surface area (Å²) < 4.78 is 0. The minimum atomic E-state index is -0.187. The fourth-order valence-electron chi connectivity index (χ4n) is 6.83. The van der Waals surface area contributed by atoms with Crippen LogP contribution in [0.3, 0.4) is 0 Å². The zero-order valence-corrected chi connectivity index (χ0v) is 23.2. The van der Waals surface area contributed by atoms with Crippen LogP contribution in [-0.4, -0.2) is 11.6 Å². The van der Waals surface area contributed by atoms with E-state index < -0.39 is 0 Å². The molecule has 2 nitrogen and oxygen atoms in total. The average molecular weight is 517 g/mol. The second kappa shape index (κ2) is 13.2. The Hall–Kier alpha value is -3.20. The SMILES string of the molecule is NC1(C(c2ccccc2)c2ccccc2)CCC(c2ccccc2)CC1.NC1CCC(c2ccccc2)CC1. The van der Waals surface area contributed by atoms with E-state index in [1.807, 2.05) is 0 Å². The van der Waals surface area contributed by atoms with Crippen LogP contribution in [0.15, 0.2) is 121 Å². The smallest absolute Gasteiger partial charge is 0.0269 e. The van der Waals surface area contributed by atoms with Gasteiger partial charge in [0.05, 0.1) is 0 Å². The first-order valence-electron chi connectivity index (χ1n) is 14.9. The highest BCUT2D eigenvalue weighted by molar-refractivity contribution is 5.37. The van der Waals surface area contributed by atoms with Crippen molar-refractivity contribution in [1.29, 1.82) is 0 Å². The van der Waals surface area contributed by atoms with Gasteiger partial charge in [-0.05, 0) is 85.5 Å². The second-order valence-corrected chi connectivity index (χ2v) is 11.7. The Morgan fingerprint density at radius 1 is 0.487 bits per heavy atom. The molecule has 0 unspecified atom stereocenters. The largest absolute Gasteiger partial charge is 0.328 e. The van der Waals surface area contributed by atoms with Gasteiger partial charge in [0.2, 0.25) is 0 Å². The van der Waals surface area contributed by atoms with Gasteiger partial charge < -0.3 is 11.5 Å². The summed E-state index contributed by atoms with van der Waals surface area (Å²) in [7, 11) is 0. The topological polar surface area (TPSA) is 52.0 Å². The molecule has 2 heteroatoms. The molecule has 2 aliphatic carbocycles. The second-order valence-electron chi connectivity index (χ2n) is 11.7. The molecule has 6 rings (SSSR count). The summed E-state index contributed by atoms with van der Waals surface area (Å²) in [5, 5.41) is 0. The summed E-state index contributed by atoms with van der Waals surface area (Å²) >= 11 is 0. The Labute approximate surface area is 235 Å². The van der Waals surface area contributed by atoms with Crippen molar-refractivity contribution >= 4 is 0 Å². The van der Waals surface area contributed by atoms with Crippen LogP contribution in [-0.2, 0) is 0 Å². The van der Waals surface area contributed by atoms with E-state index in [9.17, 15) is 0 Å². The highest BCUT2D eigenvalue weighted by Crippen LogP contribution is 2.46. The predicted octanol–water partition coefficient (Wildman–Crippen LogP) is 8.55. The lowest BCUT2D eigenvalue weighted by molar-refractivity contribution is 0.247. The first kappa shape index (κ1) is 27.4. The minimum Gasteiger partial charge on any atom is -0.328 e. The molecule has 0 heterocycles. The molecule has 2 fully saturated rings. The van der Waals surface area contributed by atoms with E-state index in [2.05, 4.69) is 121 Å². The molecule has 0 spiro atoms. The molecule has 0 atom stereocenters. The number of hydrogen-bond donors (Lipinski definition) is 2. The molecule has 4 aromatic rings. The van der Waals surface area contributed by atoms with Crippen LogP contribution in [0, 0.1) is 0 Å². The Bertz CT molecular complexity index is 1180. The third-order valence-corrected chi connectivity index (χ3v) is 9.07. The van der Waals surface area contributed by atoms with Gasteiger partial charge in [-0.25, -0.2) is 0 Å². The molecule has 0 aromatic heterocycles. The van der Waals surface area contributed by atoms with Crippen molar-refractivity contribution in [2.75, 3.05) is 0 Å². The van der Waals surface area contributed by atoms with Crippen molar-refractivity contribution in [3.8, 4) is 0 Å². The van der Waals surface area contributed by atoms with Crippen molar-refractivity contribution in [2.24, 2.45) is 11.5 Å². The Kier molecular flexibility index (Phi) is 9.29. The zero-order valence-electron chi connectivity index (χ0n) is 23.2. The van der Waals surface area contributed by atoms with E-state index in [1.165, 1.54) is 47.9 Å². The van der Waals surface area contributed by atoms with Crippen LogP contribution in [0.5, 0.6) is 0 Å². The quantitative estimate of drug-likeness (QED) is 0.279. The summed E-state index contributed by atoms with van der Waals surface area (Å²) in [5.41, 5.74) is 18.4. The molecule has 0 saturated heterocycles. The Balaban J connectivity index is 0.000000198. The van der Waals surface area contributed by atoms with Crippen LogP contribution in [0.2, 0.25) is 0 Å². The van der Waals surface area contributed by atoms with Gasteiger partial charge in [-0.2, -0.15) is 0 Å². The maximum atomic E-state index is 7.11. The first-order valence-corrected chi connectivity index (χ1v) is 14.9. The van der Waals surface area contributed by atoms with Gasteiger partial charge in [0.15, 0.2) is 0 Å². The Morgan fingerprint density at radius 2 is 0.846 bits per heavy atom.